The van der Waals surface area contributed by atoms with Gasteiger partial charge >= 0.3 is 5.97 Å². The van der Waals surface area contributed by atoms with Crippen LogP contribution < -0.4 is 10.0 Å². The Labute approximate surface area is 111 Å². The number of methoxy groups -OCH3 is 1. The van der Waals surface area contributed by atoms with Crippen molar-refractivity contribution in [3.8, 4) is 0 Å². The van der Waals surface area contributed by atoms with E-state index in [2.05, 4.69) is 10.0 Å². The molecule has 0 radical (unpaired) electrons. The molecule has 3 N–H and O–H groups in total. The number of hydrogen-bond donors (Lipinski definition) is 3. The lowest BCUT2D eigenvalue weighted by Crippen LogP contribution is -2.19. The molecule has 0 atom stereocenters. The molecule has 106 valence electrons. The van der Waals surface area contributed by atoms with Crippen molar-refractivity contribution in [1.82, 2.24) is 4.72 Å². The van der Waals surface area contributed by atoms with Gasteiger partial charge in [0.15, 0.2) is 0 Å². The van der Waals surface area contributed by atoms with E-state index < -0.39 is 16.0 Å². The highest BCUT2D eigenvalue weighted by Crippen LogP contribution is 2.20. The Morgan fingerprint density at radius 1 is 1.42 bits per heavy atom. The summed E-state index contributed by atoms with van der Waals surface area (Å²) in [4.78, 5) is 11.0. The van der Waals surface area contributed by atoms with E-state index in [-0.39, 0.29) is 10.5 Å². The smallest absolute Gasteiger partial charge is 0.337 e. The number of anilines is 1. The van der Waals surface area contributed by atoms with E-state index in [0.29, 0.717) is 18.8 Å². The van der Waals surface area contributed by atoms with E-state index in [4.69, 9.17) is 9.84 Å². The maximum absolute atomic E-state index is 11.6. The lowest BCUT2D eigenvalue weighted by atomic mass is 10.2. The summed E-state index contributed by atoms with van der Waals surface area (Å²) in [7, 11) is -0.867. The standard InChI is InChI=1S/C11H16N2O5S/c1-12-19(16,17)8-3-4-10(13-5-6-18-2)9(7-8)11(14)15/h3-4,7,12-13H,5-6H2,1-2H3,(H,14,15). The van der Waals surface area contributed by atoms with Crippen molar-refractivity contribution in [2.45, 2.75) is 4.90 Å². The Hall–Kier alpha value is -1.64. The average Bonchev–Trinajstić information content (AvgIpc) is 2.39. The summed E-state index contributed by atoms with van der Waals surface area (Å²) in [6.45, 7) is 0.838. The summed E-state index contributed by atoms with van der Waals surface area (Å²) in [5, 5.41) is 12.0. The Balaban J connectivity index is 3.12. The minimum absolute atomic E-state index is 0.0929. The molecule has 0 aliphatic rings. The van der Waals surface area contributed by atoms with Crippen molar-refractivity contribution >= 4 is 21.7 Å². The first kappa shape index (κ1) is 15.4. The van der Waals surface area contributed by atoms with Crippen LogP contribution >= 0.6 is 0 Å². The van der Waals surface area contributed by atoms with Gasteiger partial charge in [0.05, 0.1) is 17.1 Å². The van der Waals surface area contributed by atoms with Gasteiger partial charge in [-0.05, 0) is 25.2 Å². The average molecular weight is 288 g/mol. The van der Waals surface area contributed by atoms with Crippen LogP contribution in [0.4, 0.5) is 5.69 Å². The number of carboxylic acids is 1. The van der Waals surface area contributed by atoms with Crippen LogP contribution in [0.15, 0.2) is 23.1 Å². The highest BCUT2D eigenvalue weighted by molar-refractivity contribution is 7.89. The number of carbonyl (C=O) groups is 1. The van der Waals surface area contributed by atoms with Gasteiger partial charge in [-0.1, -0.05) is 0 Å². The summed E-state index contributed by atoms with van der Waals surface area (Å²) in [5.74, 6) is -1.20. The zero-order valence-corrected chi connectivity index (χ0v) is 11.5. The predicted octanol–water partition coefficient (Wildman–Crippen LogP) is 0.351. The molecule has 0 unspecified atom stereocenters. The van der Waals surface area contributed by atoms with Crippen LogP contribution in [0.25, 0.3) is 0 Å². The van der Waals surface area contributed by atoms with Gasteiger partial charge < -0.3 is 15.2 Å². The second-order valence-corrected chi connectivity index (χ2v) is 5.53. The minimum atomic E-state index is -3.66. The molecule has 1 rings (SSSR count). The van der Waals surface area contributed by atoms with Crippen LogP contribution in [0.5, 0.6) is 0 Å². The van der Waals surface area contributed by atoms with E-state index in [0.717, 1.165) is 6.07 Å². The molecule has 7 nitrogen and oxygen atoms in total. The number of aromatic carboxylic acids is 1. The molecule has 0 bridgehead atoms. The zero-order valence-electron chi connectivity index (χ0n) is 10.6. The summed E-state index contributed by atoms with van der Waals surface area (Å²) < 4.78 is 30.2. The highest BCUT2D eigenvalue weighted by atomic mass is 32.2. The molecule has 1 aromatic carbocycles. The molecule has 0 saturated carbocycles. The summed E-state index contributed by atoms with van der Waals surface area (Å²) in [5.41, 5.74) is 0.243. The number of rotatable bonds is 7. The Bertz CT molecular complexity index is 556. The molecule has 0 heterocycles. The molecule has 0 aliphatic heterocycles. The highest BCUT2D eigenvalue weighted by Gasteiger charge is 2.17. The maximum atomic E-state index is 11.6. The van der Waals surface area contributed by atoms with Gasteiger partial charge in [-0.15, -0.1) is 0 Å². The van der Waals surface area contributed by atoms with Crippen LogP contribution in [-0.4, -0.2) is 46.8 Å². The van der Waals surface area contributed by atoms with Crippen LogP contribution in [0.1, 0.15) is 10.4 Å². The first-order valence-corrected chi connectivity index (χ1v) is 6.94. The Kier molecular flexibility index (Phi) is 5.28. The maximum Gasteiger partial charge on any atom is 0.337 e. The minimum Gasteiger partial charge on any atom is -0.478 e. The van der Waals surface area contributed by atoms with E-state index in [1.165, 1.54) is 26.3 Å². The van der Waals surface area contributed by atoms with Crippen molar-refractivity contribution in [2.24, 2.45) is 0 Å². The predicted molar refractivity (Wildman–Crippen MR) is 70.0 cm³/mol. The van der Waals surface area contributed by atoms with Gasteiger partial charge in [-0.3, -0.25) is 0 Å². The normalized spacial score (nSPS) is 11.3. The van der Waals surface area contributed by atoms with E-state index in [9.17, 15) is 13.2 Å². The lowest BCUT2D eigenvalue weighted by molar-refractivity contribution is 0.0697. The topological polar surface area (TPSA) is 105 Å². The molecule has 8 heteroatoms. The lowest BCUT2D eigenvalue weighted by Gasteiger charge is -2.11. The molecule has 0 spiro atoms. The first-order valence-electron chi connectivity index (χ1n) is 5.46. The third-order valence-corrected chi connectivity index (χ3v) is 3.83. The largest absolute Gasteiger partial charge is 0.478 e. The Morgan fingerprint density at radius 2 is 2.11 bits per heavy atom. The first-order chi connectivity index (χ1) is 8.92. The molecule has 0 saturated heterocycles. The fourth-order valence-electron chi connectivity index (χ4n) is 1.43. The van der Waals surface area contributed by atoms with Gasteiger partial charge in [-0.2, -0.15) is 0 Å². The van der Waals surface area contributed by atoms with Crippen LogP contribution in [-0.2, 0) is 14.8 Å². The van der Waals surface area contributed by atoms with Crippen LogP contribution in [0.2, 0.25) is 0 Å². The molecule has 19 heavy (non-hydrogen) atoms. The molecule has 1 aromatic rings. The van der Waals surface area contributed by atoms with Crippen molar-refractivity contribution in [3.05, 3.63) is 23.8 Å². The number of ether oxygens (including phenoxy) is 1. The van der Waals surface area contributed by atoms with Gasteiger partial charge in [0, 0.05) is 19.3 Å². The van der Waals surface area contributed by atoms with Gasteiger partial charge in [-0.25, -0.2) is 17.9 Å². The quantitative estimate of drug-likeness (QED) is 0.625. The number of benzene rings is 1. The monoisotopic (exact) mass is 288 g/mol. The molecule has 0 aliphatic carbocycles. The number of sulfonamides is 1. The third-order valence-electron chi connectivity index (χ3n) is 2.42. The van der Waals surface area contributed by atoms with Crippen molar-refractivity contribution in [2.75, 3.05) is 32.6 Å². The number of carboxylic acid groups (broad SMARTS) is 1. The number of hydrogen-bond acceptors (Lipinski definition) is 5. The zero-order chi connectivity index (χ0) is 14.5. The fraction of sp³-hybridized carbons (Fsp3) is 0.364. The van der Waals surface area contributed by atoms with Gasteiger partial charge in [0.25, 0.3) is 0 Å². The third kappa shape index (κ3) is 3.91. The summed E-state index contributed by atoms with van der Waals surface area (Å²) in [6.07, 6.45) is 0. The second-order valence-electron chi connectivity index (χ2n) is 3.64. The van der Waals surface area contributed by atoms with E-state index >= 15 is 0 Å². The summed E-state index contributed by atoms with van der Waals surface area (Å²) >= 11 is 0. The molecule has 0 aromatic heterocycles. The van der Waals surface area contributed by atoms with Gasteiger partial charge in [0.1, 0.15) is 0 Å². The Morgan fingerprint density at radius 3 is 2.63 bits per heavy atom. The molecular formula is C11H16N2O5S. The molecule has 0 amide bonds. The van der Waals surface area contributed by atoms with Crippen molar-refractivity contribution in [1.29, 1.82) is 0 Å². The van der Waals surface area contributed by atoms with Crippen molar-refractivity contribution in [3.63, 3.8) is 0 Å². The van der Waals surface area contributed by atoms with Crippen LogP contribution in [0, 0.1) is 0 Å². The fourth-order valence-corrected chi connectivity index (χ4v) is 2.18. The SMILES string of the molecule is CNS(=O)(=O)c1ccc(NCCOC)c(C(=O)O)c1. The van der Waals surface area contributed by atoms with Gasteiger partial charge in [0.2, 0.25) is 10.0 Å². The van der Waals surface area contributed by atoms with E-state index in [1.807, 2.05) is 0 Å². The summed E-state index contributed by atoms with van der Waals surface area (Å²) in [6, 6.07) is 3.88. The second kappa shape index (κ2) is 6.50. The van der Waals surface area contributed by atoms with E-state index in [1.54, 1.807) is 0 Å². The van der Waals surface area contributed by atoms with Crippen molar-refractivity contribution < 1.29 is 23.1 Å². The molecular weight excluding hydrogens is 272 g/mol. The molecule has 0 fully saturated rings. The number of nitrogens with one attached hydrogen (secondary N) is 2. The van der Waals surface area contributed by atoms with Crippen LogP contribution in [0.3, 0.4) is 0 Å².